The summed E-state index contributed by atoms with van der Waals surface area (Å²) in [5.74, 6) is 0. The van der Waals surface area contributed by atoms with E-state index in [0.29, 0.717) is 0 Å². The van der Waals surface area contributed by atoms with Crippen molar-refractivity contribution in [1.82, 2.24) is 5.32 Å². The fraction of sp³-hybridized carbons (Fsp3) is 0.294. The zero-order chi connectivity index (χ0) is 14.5. The van der Waals surface area contributed by atoms with Crippen molar-refractivity contribution in [3.63, 3.8) is 0 Å². The molecule has 0 bridgehead atoms. The molecule has 2 rings (SSSR count). The third kappa shape index (κ3) is 3.63. The summed E-state index contributed by atoms with van der Waals surface area (Å²) >= 11 is 9.64. The summed E-state index contributed by atoms with van der Waals surface area (Å²) < 4.78 is 1.03. The van der Waals surface area contributed by atoms with Crippen molar-refractivity contribution in [3.8, 4) is 0 Å². The summed E-state index contributed by atoms with van der Waals surface area (Å²) in [6, 6.07) is 14.9. The van der Waals surface area contributed by atoms with Crippen molar-refractivity contribution in [2.24, 2.45) is 0 Å². The minimum atomic E-state index is 0.165. The monoisotopic (exact) mass is 351 g/mol. The van der Waals surface area contributed by atoms with Crippen molar-refractivity contribution in [2.75, 3.05) is 7.05 Å². The molecule has 0 spiro atoms. The lowest BCUT2D eigenvalue weighted by molar-refractivity contribution is 0.687. The van der Waals surface area contributed by atoms with Gasteiger partial charge in [0.25, 0.3) is 0 Å². The summed E-state index contributed by atoms with van der Waals surface area (Å²) in [6.45, 7) is 2.21. The predicted octanol–water partition coefficient (Wildman–Crippen LogP) is 5.36. The third-order valence-electron chi connectivity index (χ3n) is 3.39. The van der Waals surface area contributed by atoms with Gasteiger partial charge in [-0.05, 0) is 42.3 Å². The van der Waals surface area contributed by atoms with Crippen LogP contribution in [-0.4, -0.2) is 7.05 Å². The molecule has 0 aliphatic heterocycles. The molecule has 1 nitrogen and oxygen atoms in total. The highest BCUT2D eigenvalue weighted by atomic mass is 79.9. The quantitative estimate of drug-likeness (QED) is 0.763. The topological polar surface area (TPSA) is 12.0 Å². The number of nitrogens with one attached hydrogen (secondary N) is 1. The Hall–Kier alpha value is -0.830. The summed E-state index contributed by atoms with van der Waals surface area (Å²) in [7, 11) is 1.98. The number of hydrogen-bond acceptors (Lipinski definition) is 1. The van der Waals surface area contributed by atoms with Crippen LogP contribution in [0.25, 0.3) is 0 Å². The first-order valence-electron chi connectivity index (χ1n) is 6.86. The van der Waals surface area contributed by atoms with E-state index in [9.17, 15) is 0 Å². The summed E-state index contributed by atoms with van der Waals surface area (Å²) in [5, 5.41) is 4.14. The minimum Gasteiger partial charge on any atom is -0.309 e. The highest BCUT2D eigenvalue weighted by Gasteiger charge is 2.15. The molecule has 0 aromatic heterocycles. The Labute approximate surface area is 134 Å². The zero-order valence-corrected chi connectivity index (χ0v) is 14.1. The Balaban J connectivity index is 2.38. The highest BCUT2D eigenvalue weighted by Crippen LogP contribution is 2.31. The van der Waals surface area contributed by atoms with Gasteiger partial charge >= 0.3 is 0 Å². The van der Waals surface area contributed by atoms with Crippen molar-refractivity contribution in [3.05, 3.63) is 68.7 Å². The van der Waals surface area contributed by atoms with Crippen LogP contribution in [0.4, 0.5) is 0 Å². The lowest BCUT2D eigenvalue weighted by atomic mass is 9.96. The van der Waals surface area contributed by atoms with E-state index in [1.54, 1.807) is 0 Å². The lowest BCUT2D eigenvalue weighted by Gasteiger charge is -2.19. The van der Waals surface area contributed by atoms with Crippen molar-refractivity contribution < 1.29 is 0 Å². The van der Waals surface area contributed by atoms with E-state index < -0.39 is 0 Å². The molecule has 2 aromatic rings. The van der Waals surface area contributed by atoms with E-state index in [1.807, 2.05) is 19.2 Å². The van der Waals surface area contributed by atoms with Gasteiger partial charge in [-0.2, -0.15) is 0 Å². The van der Waals surface area contributed by atoms with Crippen LogP contribution >= 0.6 is 27.5 Å². The largest absolute Gasteiger partial charge is 0.309 e. The van der Waals surface area contributed by atoms with Gasteiger partial charge in [0.1, 0.15) is 0 Å². The van der Waals surface area contributed by atoms with Crippen LogP contribution in [-0.2, 0) is 6.42 Å². The van der Waals surface area contributed by atoms with Gasteiger partial charge in [-0.1, -0.05) is 71.2 Å². The van der Waals surface area contributed by atoms with Crippen LogP contribution in [0.1, 0.15) is 36.1 Å². The molecule has 1 N–H and O–H groups in total. The molecular formula is C17H19BrClN. The van der Waals surface area contributed by atoms with Crippen molar-refractivity contribution >= 4 is 27.5 Å². The van der Waals surface area contributed by atoms with E-state index in [2.05, 4.69) is 58.5 Å². The molecule has 0 amide bonds. The normalized spacial score (nSPS) is 12.4. The number of benzene rings is 2. The molecule has 0 radical (unpaired) electrons. The Morgan fingerprint density at radius 3 is 2.65 bits per heavy atom. The van der Waals surface area contributed by atoms with Gasteiger partial charge in [0, 0.05) is 9.50 Å². The maximum Gasteiger partial charge on any atom is 0.0585 e. The van der Waals surface area contributed by atoms with Crippen LogP contribution in [0.5, 0.6) is 0 Å². The van der Waals surface area contributed by atoms with Crippen LogP contribution < -0.4 is 5.32 Å². The van der Waals surface area contributed by atoms with Crippen molar-refractivity contribution in [1.29, 1.82) is 0 Å². The van der Waals surface area contributed by atoms with Crippen LogP contribution in [0.3, 0.4) is 0 Å². The molecule has 0 aliphatic rings. The van der Waals surface area contributed by atoms with Gasteiger partial charge in [-0.3, -0.25) is 0 Å². The fourth-order valence-corrected chi connectivity index (χ4v) is 3.37. The number of rotatable bonds is 5. The Bertz CT molecular complexity index is 583. The van der Waals surface area contributed by atoms with Crippen LogP contribution in [0.15, 0.2) is 46.9 Å². The highest BCUT2D eigenvalue weighted by molar-refractivity contribution is 9.10. The summed E-state index contributed by atoms with van der Waals surface area (Å²) in [6.07, 6.45) is 2.28. The molecule has 2 aromatic carbocycles. The van der Waals surface area contributed by atoms with Gasteiger partial charge in [0.05, 0.1) is 6.04 Å². The van der Waals surface area contributed by atoms with Gasteiger partial charge in [-0.25, -0.2) is 0 Å². The summed E-state index contributed by atoms with van der Waals surface area (Å²) in [4.78, 5) is 0. The second-order valence-corrected chi connectivity index (χ2v) is 6.17. The Morgan fingerprint density at radius 1 is 1.20 bits per heavy atom. The molecule has 0 aliphatic carbocycles. The maximum atomic E-state index is 6.03. The molecule has 20 heavy (non-hydrogen) atoms. The molecule has 0 heterocycles. The smallest absolute Gasteiger partial charge is 0.0585 e. The van der Waals surface area contributed by atoms with Crippen LogP contribution in [0.2, 0.25) is 5.02 Å². The second kappa shape index (κ2) is 7.26. The zero-order valence-electron chi connectivity index (χ0n) is 11.8. The first kappa shape index (κ1) is 15.6. The van der Waals surface area contributed by atoms with Gasteiger partial charge < -0.3 is 5.32 Å². The van der Waals surface area contributed by atoms with Crippen LogP contribution in [0, 0.1) is 0 Å². The summed E-state index contributed by atoms with van der Waals surface area (Å²) in [5.41, 5.74) is 3.86. The molecular weight excluding hydrogens is 334 g/mol. The molecule has 1 atom stereocenters. The molecule has 3 heteroatoms. The Kier molecular flexibility index (Phi) is 5.64. The molecule has 0 saturated heterocycles. The number of hydrogen-bond donors (Lipinski definition) is 1. The minimum absolute atomic E-state index is 0.165. The average molecular weight is 353 g/mol. The predicted molar refractivity (Wildman–Crippen MR) is 90.5 cm³/mol. The van der Waals surface area contributed by atoms with E-state index in [0.717, 1.165) is 22.3 Å². The van der Waals surface area contributed by atoms with Crippen molar-refractivity contribution in [2.45, 2.75) is 25.8 Å². The SMILES string of the molecule is CCCc1cccc(C(NC)c2ccc(Cl)cc2Br)c1. The van der Waals surface area contributed by atoms with E-state index in [-0.39, 0.29) is 6.04 Å². The molecule has 0 fully saturated rings. The average Bonchev–Trinajstić information content (AvgIpc) is 2.43. The lowest BCUT2D eigenvalue weighted by Crippen LogP contribution is -2.18. The fourth-order valence-electron chi connectivity index (χ4n) is 2.45. The van der Waals surface area contributed by atoms with Gasteiger partial charge in [-0.15, -0.1) is 0 Å². The van der Waals surface area contributed by atoms with E-state index in [4.69, 9.17) is 11.6 Å². The molecule has 1 unspecified atom stereocenters. The number of aryl methyl sites for hydroxylation is 1. The molecule has 0 saturated carbocycles. The molecule has 106 valence electrons. The van der Waals surface area contributed by atoms with E-state index in [1.165, 1.54) is 16.7 Å². The standard InChI is InChI=1S/C17H19BrClN/c1-3-5-12-6-4-7-13(10-12)17(20-2)15-9-8-14(19)11-16(15)18/h4,6-11,17,20H,3,5H2,1-2H3. The maximum absolute atomic E-state index is 6.03. The van der Waals surface area contributed by atoms with Gasteiger partial charge in [0.15, 0.2) is 0 Å². The van der Waals surface area contributed by atoms with Gasteiger partial charge in [0.2, 0.25) is 0 Å². The third-order valence-corrected chi connectivity index (χ3v) is 4.31. The Morgan fingerprint density at radius 2 is 2.00 bits per heavy atom. The number of halogens is 2. The first-order chi connectivity index (χ1) is 9.65. The second-order valence-electron chi connectivity index (χ2n) is 4.88. The van der Waals surface area contributed by atoms with E-state index >= 15 is 0 Å². The first-order valence-corrected chi connectivity index (χ1v) is 8.04.